The van der Waals surface area contributed by atoms with Gasteiger partial charge in [0.15, 0.2) is 17.7 Å². The van der Waals surface area contributed by atoms with E-state index in [0.717, 1.165) is 13.8 Å². The molecule has 0 aromatic heterocycles. The number of benzene rings is 1. The fourth-order valence-electron chi connectivity index (χ4n) is 7.28. The Morgan fingerprint density at radius 2 is 1.43 bits per heavy atom. The fourth-order valence-corrected chi connectivity index (χ4v) is 7.28. The molecule has 11 atom stereocenters. The van der Waals surface area contributed by atoms with Gasteiger partial charge < -0.3 is 29.2 Å². The number of aliphatic hydroxyl groups is 2. The average Bonchev–Trinajstić information content (AvgIpc) is 3.32. The molecule has 1 aromatic rings. The normalized spacial score (nSPS) is 33.2. The third kappa shape index (κ3) is 9.15. The summed E-state index contributed by atoms with van der Waals surface area (Å²) in [7, 11) is 0. The van der Waals surface area contributed by atoms with Gasteiger partial charge in [-0.3, -0.25) is 28.8 Å². The molecule has 3 rings (SSSR count). The Morgan fingerprint density at radius 1 is 0.887 bits per heavy atom. The van der Waals surface area contributed by atoms with Gasteiger partial charge in [-0.1, -0.05) is 97.5 Å². The molecule has 0 radical (unpaired) electrons. The van der Waals surface area contributed by atoms with E-state index in [4.69, 9.17) is 18.9 Å². The van der Waals surface area contributed by atoms with E-state index in [1.165, 1.54) is 32.1 Å². The lowest BCUT2D eigenvalue weighted by atomic mass is 9.68. The van der Waals surface area contributed by atoms with E-state index in [-0.39, 0.29) is 11.1 Å². The summed E-state index contributed by atoms with van der Waals surface area (Å²) in [6, 6.07) is 8.03. The van der Waals surface area contributed by atoms with E-state index in [0.29, 0.717) is 12.8 Å². The molecular formula is C41H56O12. The van der Waals surface area contributed by atoms with Gasteiger partial charge in [-0.15, -0.1) is 0 Å². The minimum Gasteiger partial charge on any atom is -0.461 e. The minimum absolute atomic E-state index is 0.173. The maximum Gasteiger partial charge on any atom is 0.309 e. The second kappa shape index (κ2) is 16.9. The molecule has 0 aliphatic heterocycles. The maximum atomic E-state index is 14.6. The highest BCUT2D eigenvalue weighted by atomic mass is 16.6. The lowest BCUT2D eigenvalue weighted by Gasteiger charge is -2.43. The maximum absolute atomic E-state index is 14.6. The first-order valence-electron chi connectivity index (χ1n) is 18.3. The zero-order chi connectivity index (χ0) is 40.2. The van der Waals surface area contributed by atoms with Crippen LogP contribution in [0.2, 0.25) is 0 Å². The van der Waals surface area contributed by atoms with Crippen LogP contribution in [0.1, 0.15) is 98.9 Å². The molecular weight excluding hydrogens is 684 g/mol. The van der Waals surface area contributed by atoms with Gasteiger partial charge in [0.2, 0.25) is 0 Å². The smallest absolute Gasteiger partial charge is 0.309 e. The van der Waals surface area contributed by atoms with Gasteiger partial charge in [-0.2, -0.15) is 0 Å². The van der Waals surface area contributed by atoms with Crippen LogP contribution in [0.3, 0.4) is 0 Å². The minimum atomic E-state index is -2.52. The van der Waals surface area contributed by atoms with Gasteiger partial charge in [0.1, 0.15) is 29.3 Å². The summed E-state index contributed by atoms with van der Waals surface area (Å²) >= 11 is 0. The van der Waals surface area contributed by atoms with Crippen LogP contribution in [0.15, 0.2) is 54.6 Å². The molecule has 2 unspecified atom stereocenters. The topological polar surface area (TPSA) is 180 Å². The van der Waals surface area contributed by atoms with E-state index in [1.54, 1.807) is 65.8 Å². The van der Waals surface area contributed by atoms with Crippen molar-refractivity contribution in [2.75, 3.05) is 0 Å². The van der Waals surface area contributed by atoms with Crippen LogP contribution in [-0.2, 0) is 42.9 Å². The second-order valence-electron chi connectivity index (χ2n) is 15.5. The van der Waals surface area contributed by atoms with Crippen LogP contribution in [0.4, 0.5) is 0 Å². The third-order valence-electron chi connectivity index (χ3n) is 10.8. The van der Waals surface area contributed by atoms with Crippen molar-refractivity contribution in [1.29, 1.82) is 0 Å². The number of ether oxygens (including phenoxy) is 4. The van der Waals surface area contributed by atoms with Gasteiger partial charge >= 0.3 is 23.9 Å². The molecule has 53 heavy (non-hydrogen) atoms. The Kier molecular flexibility index (Phi) is 13.8. The van der Waals surface area contributed by atoms with Crippen LogP contribution in [0.5, 0.6) is 0 Å². The number of Topliss-reactive ketones (excluding diaryl/α,β-unsaturated/α-hetero) is 2. The Labute approximate surface area is 312 Å². The van der Waals surface area contributed by atoms with E-state index in [2.05, 4.69) is 6.58 Å². The largest absolute Gasteiger partial charge is 0.461 e. The Balaban J connectivity index is 2.44. The molecule has 0 bridgehead atoms. The molecule has 0 amide bonds. The van der Waals surface area contributed by atoms with E-state index >= 15 is 0 Å². The fraction of sp³-hybridized carbons (Fsp3) is 0.610. The Morgan fingerprint density at radius 3 is 1.96 bits per heavy atom. The number of ketones is 2. The van der Waals surface area contributed by atoms with Crippen molar-refractivity contribution in [3.05, 3.63) is 60.2 Å². The van der Waals surface area contributed by atoms with Crippen molar-refractivity contribution in [1.82, 2.24) is 0 Å². The number of carbonyl (C=O) groups excluding carboxylic acids is 6. The van der Waals surface area contributed by atoms with E-state index < -0.39 is 112 Å². The van der Waals surface area contributed by atoms with E-state index in [9.17, 15) is 39.0 Å². The van der Waals surface area contributed by atoms with Crippen LogP contribution in [0.25, 0.3) is 0 Å². The zero-order valence-corrected chi connectivity index (χ0v) is 32.5. The summed E-state index contributed by atoms with van der Waals surface area (Å²) < 4.78 is 23.7. The molecule has 0 heterocycles. The Bertz CT molecular complexity index is 1600. The molecule has 1 fully saturated rings. The molecule has 0 spiro atoms. The molecule has 0 saturated heterocycles. The molecule has 12 nitrogen and oxygen atoms in total. The number of rotatable bonds is 10. The number of hydrogen-bond donors (Lipinski definition) is 2. The monoisotopic (exact) mass is 740 g/mol. The molecule has 292 valence electrons. The first kappa shape index (κ1) is 43.2. The van der Waals surface area contributed by atoms with Gasteiger partial charge in [0.25, 0.3) is 0 Å². The van der Waals surface area contributed by atoms with Gasteiger partial charge in [-0.05, 0) is 25.3 Å². The number of hydrogen-bond acceptors (Lipinski definition) is 12. The van der Waals surface area contributed by atoms with E-state index in [1.807, 2.05) is 0 Å². The van der Waals surface area contributed by atoms with Crippen LogP contribution >= 0.6 is 0 Å². The summed E-state index contributed by atoms with van der Waals surface area (Å²) in [6.07, 6.45) is -3.47. The summed E-state index contributed by atoms with van der Waals surface area (Å²) in [5.74, 6) is -10.0. The van der Waals surface area contributed by atoms with Crippen molar-refractivity contribution in [3.63, 3.8) is 0 Å². The van der Waals surface area contributed by atoms with Gasteiger partial charge in [0, 0.05) is 37.2 Å². The zero-order valence-electron chi connectivity index (χ0n) is 32.5. The van der Waals surface area contributed by atoms with Crippen molar-refractivity contribution >= 4 is 35.4 Å². The standard InChI is InChI=1S/C41H56O12/c1-12-22(3)37(47)52-36-30-31(44)25(6)33(50-26(7)42)29(32(45)28-17-15-14-16-18-28)35(51-27(8)43)39(9,10)20-19-24(5)34(46)41(30,49)21-40(36,11)53-38(48)23(4)13-2/h14-20,22-24,29-31,33,35-36,44,49H,6,12-13,21H2,1-5,7-11H3/b20-19+/t22?,23?,24-,29+,30+,31-,33+,35-,36+,40+,41+/m0/s1. The van der Waals surface area contributed by atoms with Gasteiger partial charge in [-0.25, -0.2) is 0 Å². The molecule has 2 aliphatic carbocycles. The number of carbonyl (C=O) groups is 6. The first-order valence-corrected chi connectivity index (χ1v) is 18.3. The summed E-state index contributed by atoms with van der Waals surface area (Å²) in [5, 5.41) is 25.1. The van der Waals surface area contributed by atoms with Crippen molar-refractivity contribution in [2.45, 2.75) is 124 Å². The highest BCUT2D eigenvalue weighted by Crippen LogP contribution is 2.52. The quantitative estimate of drug-likeness (QED) is 0.140. The molecule has 1 saturated carbocycles. The number of aliphatic hydroxyl groups excluding tert-OH is 1. The highest BCUT2D eigenvalue weighted by molar-refractivity contribution is 5.99. The number of esters is 4. The predicted octanol–water partition coefficient (Wildman–Crippen LogP) is 5.12. The van der Waals surface area contributed by atoms with Gasteiger partial charge in [0.05, 0.1) is 23.9 Å². The third-order valence-corrected chi connectivity index (χ3v) is 10.8. The van der Waals surface area contributed by atoms with Crippen LogP contribution < -0.4 is 0 Å². The molecule has 12 heteroatoms. The molecule has 2 aliphatic rings. The predicted molar refractivity (Wildman–Crippen MR) is 194 cm³/mol. The van der Waals surface area contributed by atoms with Crippen LogP contribution in [-0.4, -0.2) is 81.3 Å². The first-order chi connectivity index (χ1) is 24.6. The second-order valence-corrected chi connectivity index (χ2v) is 15.5. The van der Waals surface area contributed by atoms with Crippen molar-refractivity contribution < 1.29 is 57.9 Å². The summed E-state index contributed by atoms with van der Waals surface area (Å²) in [5.41, 5.74) is -5.77. The van der Waals surface area contributed by atoms with Crippen molar-refractivity contribution in [3.8, 4) is 0 Å². The Hall–Kier alpha value is -4.16. The highest BCUT2D eigenvalue weighted by Gasteiger charge is 2.69. The lowest BCUT2D eigenvalue weighted by molar-refractivity contribution is -0.190. The average molecular weight is 741 g/mol. The number of allylic oxidation sites excluding steroid dienone is 1. The summed E-state index contributed by atoms with van der Waals surface area (Å²) in [6.45, 7) is 19.4. The van der Waals surface area contributed by atoms with Crippen molar-refractivity contribution in [2.24, 2.45) is 35.0 Å². The number of fused-ring (bicyclic) bond motifs is 1. The lowest BCUT2D eigenvalue weighted by Crippen LogP contribution is -2.56. The van der Waals surface area contributed by atoms with Crippen LogP contribution in [0, 0.1) is 35.0 Å². The molecule has 2 N–H and O–H groups in total. The summed E-state index contributed by atoms with van der Waals surface area (Å²) in [4.78, 5) is 81.6. The SMILES string of the molecule is C=C1[C@@H](OC(C)=O)[C@@H](C(=O)c2ccccc2)[C@H](OC(C)=O)C(C)(C)/C=C/[C@H](C)C(=O)[C@@]2(O)C[C@@](C)(OC(=O)C(C)CC)[C@H](OC(=O)C(C)CC)[C@H]2[C@H]1O. The molecule has 1 aromatic carbocycles.